The molecule has 0 bridgehead atoms. The predicted octanol–water partition coefficient (Wildman–Crippen LogP) is 5.16. The van der Waals surface area contributed by atoms with Crippen LogP contribution in [0, 0.1) is 5.92 Å². The summed E-state index contributed by atoms with van der Waals surface area (Å²) >= 11 is 1.84. The van der Waals surface area contributed by atoms with Crippen molar-refractivity contribution >= 4 is 22.7 Å². The molecular formula is C18H24N2S. The van der Waals surface area contributed by atoms with Crippen LogP contribution in [0.1, 0.15) is 37.6 Å². The Labute approximate surface area is 131 Å². The minimum Gasteiger partial charge on any atom is -0.375 e. The molecule has 2 heterocycles. The van der Waals surface area contributed by atoms with Gasteiger partial charge in [0.1, 0.15) is 0 Å². The molecule has 0 amide bonds. The van der Waals surface area contributed by atoms with E-state index in [1.807, 2.05) is 11.3 Å². The third kappa shape index (κ3) is 3.24. The van der Waals surface area contributed by atoms with Crippen molar-refractivity contribution in [2.75, 3.05) is 23.3 Å². The van der Waals surface area contributed by atoms with E-state index in [9.17, 15) is 0 Å². The summed E-state index contributed by atoms with van der Waals surface area (Å²) in [5.41, 5.74) is 2.63. The minimum atomic E-state index is 0.383. The third-order valence-electron chi connectivity index (χ3n) is 4.18. The molecule has 1 fully saturated rings. The van der Waals surface area contributed by atoms with E-state index >= 15 is 0 Å². The normalized spacial score (nSPS) is 16.4. The summed E-state index contributed by atoms with van der Waals surface area (Å²) in [6, 6.07) is 13.5. The van der Waals surface area contributed by atoms with Crippen molar-refractivity contribution in [3.05, 3.63) is 46.7 Å². The van der Waals surface area contributed by atoms with Crippen molar-refractivity contribution in [2.24, 2.45) is 5.92 Å². The fourth-order valence-corrected chi connectivity index (χ4v) is 3.98. The average Bonchev–Trinajstić information content (AvgIpc) is 3.18. The lowest BCUT2D eigenvalue weighted by Gasteiger charge is -2.27. The highest BCUT2D eigenvalue weighted by Crippen LogP contribution is 2.35. The molecule has 0 saturated carbocycles. The second-order valence-electron chi connectivity index (χ2n) is 6.09. The first-order valence-corrected chi connectivity index (χ1v) is 8.77. The maximum absolute atomic E-state index is 3.80. The van der Waals surface area contributed by atoms with Crippen molar-refractivity contribution in [3.8, 4) is 0 Å². The number of hydrogen-bond donors (Lipinski definition) is 1. The molecule has 3 rings (SSSR count). The molecule has 1 atom stereocenters. The van der Waals surface area contributed by atoms with Gasteiger partial charge in [-0.05, 0) is 42.3 Å². The molecule has 0 aliphatic carbocycles. The first-order valence-electron chi connectivity index (χ1n) is 7.89. The highest BCUT2D eigenvalue weighted by atomic mass is 32.1. The van der Waals surface area contributed by atoms with Crippen LogP contribution >= 0.6 is 11.3 Å². The molecule has 2 aromatic rings. The third-order valence-corrected chi connectivity index (χ3v) is 5.13. The van der Waals surface area contributed by atoms with Crippen molar-refractivity contribution in [1.29, 1.82) is 0 Å². The number of rotatable bonds is 5. The Morgan fingerprint density at radius 1 is 1.05 bits per heavy atom. The highest BCUT2D eigenvalue weighted by Gasteiger charge is 2.20. The number of nitrogens with one attached hydrogen (secondary N) is 1. The van der Waals surface area contributed by atoms with E-state index in [4.69, 9.17) is 0 Å². The van der Waals surface area contributed by atoms with E-state index in [1.54, 1.807) is 0 Å². The van der Waals surface area contributed by atoms with Crippen LogP contribution in [-0.4, -0.2) is 13.1 Å². The van der Waals surface area contributed by atoms with Gasteiger partial charge >= 0.3 is 0 Å². The van der Waals surface area contributed by atoms with Crippen LogP contribution in [0.15, 0.2) is 41.8 Å². The van der Waals surface area contributed by atoms with E-state index < -0.39 is 0 Å². The van der Waals surface area contributed by atoms with E-state index in [1.165, 1.54) is 42.2 Å². The zero-order valence-corrected chi connectivity index (χ0v) is 13.7. The van der Waals surface area contributed by atoms with Crippen LogP contribution in [-0.2, 0) is 0 Å². The average molecular weight is 300 g/mol. The van der Waals surface area contributed by atoms with Gasteiger partial charge in [0.2, 0.25) is 0 Å². The van der Waals surface area contributed by atoms with Gasteiger partial charge in [0.05, 0.1) is 17.4 Å². The summed E-state index contributed by atoms with van der Waals surface area (Å²) in [6.45, 7) is 6.94. The second-order valence-corrected chi connectivity index (χ2v) is 7.07. The Hall–Kier alpha value is -1.48. The van der Waals surface area contributed by atoms with Gasteiger partial charge in [0.25, 0.3) is 0 Å². The minimum absolute atomic E-state index is 0.383. The molecule has 1 unspecified atom stereocenters. The largest absolute Gasteiger partial charge is 0.375 e. The van der Waals surface area contributed by atoms with Gasteiger partial charge in [-0.3, -0.25) is 0 Å². The standard InChI is InChI=1S/C18H24N2S/c1-14(2)18(17-10-7-13-21-17)19-15-8-3-4-9-16(15)20-11-5-6-12-20/h3-4,7-10,13-14,18-19H,5-6,11-12H2,1-2H3. The lowest BCUT2D eigenvalue weighted by molar-refractivity contribution is 0.554. The van der Waals surface area contributed by atoms with Gasteiger partial charge in [0, 0.05) is 18.0 Å². The molecule has 0 radical (unpaired) electrons. The van der Waals surface area contributed by atoms with Crippen LogP contribution in [0.3, 0.4) is 0 Å². The highest BCUT2D eigenvalue weighted by molar-refractivity contribution is 7.10. The molecular weight excluding hydrogens is 276 g/mol. The molecule has 1 aliphatic rings. The zero-order chi connectivity index (χ0) is 14.7. The van der Waals surface area contributed by atoms with Crippen molar-refractivity contribution < 1.29 is 0 Å². The van der Waals surface area contributed by atoms with Gasteiger partial charge in [-0.2, -0.15) is 0 Å². The van der Waals surface area contributed by atoms with Crippen LogP contribution in [0.25, 0.3) is 0 Å². The SMILES string of the molecule is CC(C)C(Nc1ccccc1N1CCCC1)c1cccs1. The summed E-state index contributed by atoms with van der Waals surface area (Å²) < 4.78 is 0. The van der Waals surface area contributed by atoms with E-state index in [-0.39, 0.29) is 0 Å². The molecule has 1 saturated heterocycles. The maximum atomic E-state index is 3.80. The predicted molar refractivity (Wildman–Crippen MR) is 93.4 cm³/mol. The Morgan fingerprint density at radius 3 is 2.48 bits per heavy atom. The molecule has 1 aromatic heterocycles. The summed E-state index contributed by atoms with van der Waals surface area (Å²) in [6.07, 6.45) is 2.62. The molecule has 1 aromatic carbocycles. The number of hydrogen-bond acceptors (Lipinski definition) is 3. The first kappa shape index (κ1) is 14.5. The van der Waals surface area contributed by atoms with Crippen molar-refractivity contribution in [1.82, 2.24) is 0 Å². The Bertz CT molecular complexity index is 556. The van der Waals surface area contributed by atoms with Crippen LogP contribution in [0.4, 0.5) is 11.4 Å². The van der Waals surface area contributed by atoms with Crippen LogP contribution in [0.5, 0.6) is 0 Å². The lowest BCUT2D eigenvalue weighted by atomic mass is 10.0. The van der Waals surface area contributed by atoms with Gasteiger partial charge in [-0.25, -0.2) is 0 Å². The summed E-state index contributed by atoms with van der Waals surface area (Å²) in [4.78, 5) is 3.93. The Morgan fingerprint density at radius 2 is 1.81 bits per heavy atom. The summed E-state index contributed by atoms with van der Waals surface area (Å²) in [5, 5.41) is 5.96. The summed E-state index contributed by atoms with van der Waals surface area (Å²) in [5.74, 6) is 0.565. The molecule has 0 spiro atoms. The van der Waals surface area contributed by atoms with Crippen LogP contribution in [0.2, 0.25) is 0 Å². The number of para-hydroxylation sites is 2. The molecule has 1 aliphatic heterocycles. The monoisotopic (exact) mass is 300 g/mol. The Kier molecular flexibility index (Phi) is 4.49. The molecule has 1 N–H and O–H groups in total. The van der Waals surface area contributed by atoms with Crippen molar-refractivity contribution in [2.45, 2.75) is 32.7 Å². The number of benzene rings is 1. The van der Waals surface area contributed by atoms with Crippen molar-refractivity contribution in [3.63, 3.8) is 0 Å². The number of thiophene rings is 1. The fourth-order valence-electron chi connectivity index (χ4n) is 3.03. The Balaban J connectivity index is 1.86. The fraction of sp³-hybridized carbons (Fsp3) is 0.444. The zero-order valence-electron chi connectivity index (χ0n) is 12.9. The maximum Gasteiger partial charge on any atom is 0.0630 e. The summed E-state index contributed by atoms with van der Waals surface area (Å²) in [7, 11) is 0. The number of nitrogens with zero attached hydrogens (tertiary/aromatic N) is 1. The second kappa shape index (κ2) is 6.52. The van der Waals surface area contributed by atoms with E-state index in [0.717, 1.165) is 0 Å². The molecule has 2 nitrogen and oxygen atoms in total. The smallest absolute Gasteiger partial charge is 0.0630 e. The van der Waals surface area contributed by atoms with Gasteiger partial charge in [0.15, 0.2) is 0 Å². The molecule has 21 heavy (non-hydrogen) atoms. The number of anilines is 2. The lowest BCUT2D eigenvalue weighted by Crippen LogP contribution is -2.21. The first-order chi connectivity index (χ1) is 10.3. The van der Waals surface area contributed by atoms with Gasteiger partial charge < -0.3 is 10.2 Å². The van der Waals surface area contributed by atoms with E-state index in [0.29, 0.717) is 12.0 Å². The molecule has 112 valence electrons. The van der Waals surface area contributed by atoms with Gasteiger partial charge in [-0.15, -0.1) is 11.3 Å². The quantitative estimate of drug-likeness (QED) is 0.820. The molecule has 3 heteroatoms. The van der Waals surface area contributed by atoms with Gasteiger partial charge in [-0.1, -0.05) is 32.0 Å². The topological polar surface area (TPSA) is 15.3 Å². The van der Waals surface area contributed by atoms with Crippen LogP contribution < -0.4 is 10.2 Å². The van der Waals surface area contributed by atoms with E-state index in [2.05, 4.69) is 65.8 Å².